The fraction of sp³-hybridized carbons (Fsp3) is 0.731. The fourth-order valence-corrected chi connectivity index (χ4v) is 5.44. The van der Waals surface area contributed by atoms with E-state index < -0.39 is 18.1 Å². The third-order valence-corrected chi connectivity index (χ3v) is 7.96. The van der Waals surface area contributed by atoms with Crippen molar-refractivity contribution < 1.29 is 24.5 Å². The van der Waals surface area contributed by atoms with Gasteiger partial charge in [0.1, 0.15) is 6.61 Å². The molecule has 2 fully saturated rings. The SMILES string of the molecule is COc1ccc([C@@H]2CN(C(=O)CO)C[C@@]2(C)[C@@H](C)O)cc1OC1CCC(C(C)(C)C)CC1. The lowest BCUT2D eigenvalue weighted by Crippen LogP contribution is -2.38. The van der Waals surface area contributed by atoms with Crippen molar-refractivity contribution in [1.82, 2.24) is 4.90 Å². The van der Waals surface area contributed by atoms with Gasteiger partial charge >= 0.3 is 0 Å². The molecule has 6 nitrogen and oxygen atoms in total. The van der Waals surface area contributed by atoms with Crippen LogP contribution in [-0.2, 0) is 4.79 Å². The Morgan fingerprint density at radius 2 is 1.88 bits per heavy atom. The maximum Gasteiger partial charge on any atom is 0.248 e. The van der Waals surface area contributed by atoms with Crippen LogP contribution in [0.25, 0.3) is 0 Å². The van der Waals surface area contributed by atoms with Gasteiger partial charge in [-0.2, -0.15) is 0 Å². The second-order valence-corrected chi connectivity index (χ2v) is 11.0. The molecule has 1 aliphatic carbocycles. The minimum Gasteiger partial charge on any atom is -0.493 e. The second-order valence-electron chi connectivity index (χ2n) is 11.0. The van der Waals surface area contributed by atoms with Gasteiger partial charge in [-0.05, 0) is 61.6 Å². The molecular weight excluding hydrogens is 406 g/mol. The Labute approximate surface area is 192 Å². The number of likely N-dealkylation sites (tertiary alicyclic amines) is 1. The Bertz CT molecular complexity index is 794. The van der Waals surface area contributed by atoms with Gasteiger partial charge in [0, 0.05) is 24.4 Å². The summed E-state index contributed by atoms with van der Waals surface area (Å²) in [6.45, 7) is 11.1. The molecule has 2 aliphatic rings. The molecule has 0 spiro atoms. The first kappa shape index (κ1) is 24.8. The first-order valence-corrected chi connectivity index (χ1v) is 11.9. The molecule has 32 heavy (non-hydrogen) atoms. The van der Waals surface area contributed by atoms with Gasteiger partial charge in [-0.3, -0.25) is 4.79 Å². The first-order chi connectivity index (χ1) is 15.0. The number of methoxy groups -OCH3 is 1. The zero-order valence-electron chi connectivity index (χ0n) is 20.6. The van der Waals surface area contributed by atoms with E-state index in [1.807, 2.05) is 25.1 Å². The number of carbonyl (C=O) groups excluding carboxylic acids is 1. The van der Waals surface area contributed by atoms with Gasteiger partial charge in [0.25, 0.3) is 0 Å². The molecule has 0 unspecified atom stereocenters. The lowest BCUT2D eigenvalue weighted by molar-refractivity contribution is -0.133. The molecule has 1 aromatic carbocycles. The minimum absolute atomic E-state index is 0.0668. The zero-order valence-corrected chi connectivity index (χ0v) is 20.6. The van der Waals surface area contributed by atoms with E-state index in [-0.39, 0.29) is 17.9 Å². The molecule has 3 atom stereocenters. The van der Waals surface area contributed by atoms with Crippen LogP contribution in [0.4, 0.5) is 0 Å². The Balaban J connectivity index is 1.82. The Morgan fingerprint density at radius 3 is 2.41 bits per heavy atom. The Morgan fingerprint density at radius 1 is 1.22 bits per heavy atom. The highest BCUT2D eigenvalue weighted by atomic mass is 16.5. The normalized spacial score (nSPS) is 29.6. The van der Waals surface area contributed by atoms with Crippen molar-refractivity contribution in [2.24, 2.45) is 16.7 Å². The number of benzene rings is 1. The number of aliphatic hydroxyl groups excluding tert-OH is 2. The van der Waals surface area contributed by atoms with Gasteiger partial charge < -0.3 is 24.6 Å². The standard InChI is InChI=1S/C26H41NO5/c1-17(29)26(5)16-27(24(30)15-28)14-21(26)18-7-12-22(31-6)23(13-18)32-20-10-8-19(9-11-20)25(2,3)4/h7,12-13,17,19-21,28-29H,8-11,14-16H2,1-6H3/t17-,19?,20?,21+,26+/m1/s1. The van der Waals surface area contributed by atoms with E-state index >= 15 is 0 Å². The van der Waals surface area contributed by atoms with Crippen molar-refractivity contribution in [3.63, 3.8) is 0 Å². The quantitative estimate of drug-likeness (QED) is 0.690. The minimum atomic E-state index is -0.608. The van der Waals surface area contributed by atoms with Crippen LogP contribution < -0.4 is 9.47 Å². The molecule has 0 aromatic heterocycles. The van der Waals surface area contributed by atoms with Gasteiger partial charge in [-0.25, -0.2) is 0 Å². The van der Waals surface area contributed by atoms with Crippen molar-refractivity contribution in [2.75, 3.05) is 26.8 Å². The van der Waals surface area contributed by atoms with Crippen molar-refractivity contribution in [2.45, 2.75) is 78.4 Å². The van der Waals surface area contributed by atoms with Crippen LogP contribution >= 0.6 is 0 Å². The largest absolute Gasteiger partial charge is 0.493 e. The molecule has 180 valence electrons. The molecule has 1 saturated carbocycles. The summed E-state index contributed by atoms with van der Waals surface area (Å²) in [5, 5.41) is 19.9. The maximum absolute atomic E-state index is 12.2. The number of nitrogens with zero attached hydrogens (tertiary/aromatic N) is 1. The topological polar surface area (TPSA) is 79.2 Å². The van der Waals surface area contributed by atoms with Gasteiger partial charge in [-0.15, -0.1) is 0 Å². The monoisotopic (exact) mass is 447 g/mol. The van der Waals surface area contributed by atoms with Crippen LogP contribution in [0.2, 0.25) is 0 Å². The lowest BCUT2D eigenvalue weighted by Gasteiger charge is -2.37. The summed E-state index contributed by atoms with van der Waals surface area (Å²) in [6.07, 6.45) is 3.94. The van der Waals surface area contributed by atoms with E-state index in [0.717, 1.165) is 42.9 Å². The molecule has 0 radical (unpaired) electrons. The van der Waals surface area contributed by atoms with Crippen molar-refractivity contribution in [3.05, 3.63) is 23.8 Å². The Hall–Kier alpha value is -1.79. The highest BCUT2D eigenvalue weighted by molar-refractivity contribution is 5.77. The molecule has 0 bridgehead atoms. The van der Waals surface area contributed by atoms with Crippen LogP contribution in [0.1, 0.15) is 71.8 Å². The summed E-state index contributed by atoms with van der Waals surface area (Å²) in [6, 6.07) is 5.94. The van der Waals surface area contributed by atoms with Gasteiger partial charge in [-0.1, -0.05) is 33.8 Å². The summed E-state index contributed by atoms with van der Waals surface area (Å²) in [5.74, 6) is 1.77. The number of hydrogen-bond donors (Lipinski definition) is 2. The summed E-state index contributed by atoms with van der Waals surface area (Å²) < 4.78 is 12.0. The lowest BCUT2D eigenvalue weighted by atomic mass is 9.72. The molecule has 1 aromatic rings. The molecule has 3 rings (SSSR count). The molecule has 1 amide bonds. The van der Waals surface area contributed by atoms with Gasteiger partial charge in [0.05, 0.1) is 19.3 Å². The van der Waals surface area contributed by atoms with Crippen molar-refractivity contribution in [1.29, 1.82) is 0 Å². The van der Waals surface area contributed by atoms with Crippen molar-refractivity contribution >= 4 is 5.91 Å². The van der Waals surface area contributed by atoms with Crippen molar-refractivity contribution in [3.8, 4) is 11.5 Å². The highest BCUT2D eigenvalue weighted by Gasteiger charge is 2.48. The highest BCUT2D eigenvalue weighted by Crippen LogP contribution is 2.47. The van der Waals surface area contributed by atoms with E-state index in [9.17, 15) is 15.0 Å². The van der Waals surface area contributed by atoms with Crippen LogP contribution in [0.15, 0.2) is 18.2 Å². The third-order valence-electron chi connectivity index (χ3n) is 7.96. The molecule has 1 aliphatic heterocycles. The van der Waals surface area contributed by atoms with Crippen LogP contribution in [-0.4, -0.2) is 60.0 Å². The Kier molecular flexibility index (Phi) is 7.45. The predicted molar refractivity (Wildman–Crippen MR) is 125 cm³/mol. The summed E-state index contributed by atoms with van der Waals surface area (Å²) in [4.78, 5) is 13.8. The summed E-state index contributed by atoms with van der Waals surface area (Å²) in [5.41, 5.74) is 0.830. The smallest absolute Gasteiger partial charge is 0.248 e. The molecule has 6 heteroatoms. The number of ether oxygens (including phenoxy) is 2. The summed E-state index contributed by atoms with van der Waals surface area (Å²) in [7, 11) is 1.65. The maximum atomic E-state index is 12.2. The van der Waals surface area contributed by atoms with Gasteiger partial charge in [0.2, 0.25) is 5.91 Å². The summed E-state index contributed by atoms with van der Waals surface area (Å²) >= 11 is 0. The van der Waals surface area contributed by atoms with E-state index in [0.29, 0.717) is 24.3 Å². The van der Waals surface area contributed by atoms with E-state index in [1.165, 1.54) is 0 Å². The average Bonchev–Trinajstić information content (AvgIpc) is 3.12. The molecule has 1 heterocycles. The number of carbonyl (C=O) groups is 1. The fourth-order valence-electron chi connectivity index (χ4n) is 5.44. The number of rotatable bonds is 6. The van der Waals surface area contributed by atoms with Crippen LogP contribution in [0, 0.1) is 16.7 Å². The van der Waals surface area contributed by atoms with E-state index in [1.54, 1.807) is 18.9 Å². The third kappa shape index (κ3) is 5.07. The molecule has 1 saturated heterocycles. The number of amides is 1. The second kappa shape index (κ2) is 9.60. The average molecular weight is 448 g/mol. The molecule has 2 N–H and O–H groups in total. The number of aliphatic hydroxyl groups is 2. The van der Waals surface area contributed by atoms with E-state index in [4.69, 9.17) is 9.47 Å². The first-order valence-electron chi connectivity index (χ1n) is 11.9. The predicted octanol–water partition coefficient (Wildman–Crippen LogP) is 3.98. The van der Waals surface area contributed by atoms with E-state index in [2.05, 4.69) is 20.8 Å². The van der Waals surface area contributed by atoms with Crippen LogP contribution in [0.3, 0.4) is 0 Å². The van der Waals surface area contributed by atoms with Gasteiger partial charge in [0.15, 0.2) is 11.5 Å². The number of hydrogen-bond acceptors (Lipinski definition) is 5. The zero-order chi connectivity index (χ0) is 23.7. The van der Waals surface area contributed by atoms with Crippen LogP contribution in [0.5, 0.6) is 11.5 Å². The molecular formula is C26H41NO5.